The fourth-order valence-electron chi connectivity index (χ4n) is 1.83. The lowest BCUT2D eigenvalue weighted by Gasteiger charge is -2.13. The molecule has 0 saturated carbocycles. The van der Waals surface area contributed by atoms with Gasteiger partial charge in [0.2, 0.25) is 10.0 Å². The molecule has 0 bridgehead atoms. The quantitative estimate of drug-likeness (QED) is 0.847. The Morgan fingerprint density at radius 1 is 1.24 bits per heavy atom. The van der Waals surface area contributed by atoms with Gasteiger partial charge in [-0.25, -0.2) is 13.6 Å². The molecule has 3 N–H and O–H groups in total. The standard InChI is InChI=1S/C14H15BrN2O3S/c1-20-14-7-6-11(21(16,18)19)8-13(14)17-9-10-4-2-3-5-12(10)15/h2-8,17H,9H2,1H3,(H2,16,18,19). The van der Waals surface area contributed by atoms with Gasteiger partial charge < -0.3 is 10.1 Å². The van der Waals surface area contributed by atoms with Crippen LogP contribution in [0.3, 0.4) is 0 Å². The van der Waals surface area contributed by atoms with E-state index in [1.54, 1.807) is 6.07 Å². The van der Waals surface area contributed by atoms with Crippen LogP contribution in [0.2, 0.25) is 0 Å². The van der Waals surface area contributed by atoms with E-state index in [9.17, 15) is 8.42 Å². The van der Waals surface area contributed by atoms with Crippen molar-refractivity contribution in [3.8, 4) is 5.75 Å². The van der Waals surface area contributed by atoms with E-state index in [4.69, 9.17) is 9.88 Å². The first-order valence-electron chi connectivity index (χ1n) is 6.10. The Labute approximate surface area is 132 Å². The average Bonchev–Trinajstić information content (AvgIpc) is 2.45. The lowest BCUT2D eigenvalue weighted by Crippen LogP contribution is -2.13. The molecule has 7 heteroatoms. The zero-order valence-corrected chi connectivity index (χ0v) is 13.7. The van der Waals surface area contributed by atoms with E-state index < -0.39 is 10.0 Å². The molecule has 0 saturated heterocycles. The number of hydrogen-bond acceptors (Lipinski definition) is 4. The SMILES string of the molecule is COc1ccc(S(N)(=O)=O)cc1NCc1ccccc1Br. The van der Waals surface area contributed by atoms with Crippen molar-refractivity contribution in [3.05, 3.63) is 52.5 Å². The third-order valence-electron chi connectivity index (χ3n) is 2.93. The molecule has 5 nitrogen and oxygen atoms in total. The minimum absolute atomic E-state index is 0.0397. The molecule has 0 heterocycles. The summed E-state index contributed by atoms with van der Waals surface area (Å²) in [5.74, 6) is 0.550. The first kappa shape index (κ1) is 15.8. The maximum Gasteiger partial charge on any atom is 0.238 e. The molecule has 0 aromatic heterocycles. The van der Waals surface area contributed by atoms with E-state index in [2.05, 4.69) is 21.2 Å². The summed E-state index contributed by atoms with van der Waals surface area (Å²) in [6, 6.07) is 12.2. The molecular weight excluding hydrogens is 356 g/mol. The Kier molecular flexibility index (Phi) is 4.87. The minimum Gasteiger partial charge on any atom is -0.495 e. The van der Waals surface area contributed by atoms with Crippen LogP contribution >= 0.6 is 15.9 Å². The molecule has 2 aromatic rings. The molecule has 0 aliphatic carbocycles. The lowest BCUT2D eigenvalue weighted by atomic mass is 10.2. The van der Waals surface area contributed by atoms with Gasteiger partial charge >= 0.3 is 0 Å². The number of halogens is 1. The predicted molar refractivity (Wildman–Crippen MR) is 85.8 cm³/mol. The summed E-state index contributed by atoms with van der Waals surface area (Å²) in [6.45, 7) is 0.520. The third kappa shape index (κ3) is 3.96. The summed E-state index contributed by atoms with van der Waals surface area (Å²) in [4.78, 5) is 0.0397. The van der Waals surface area contributed by atoms with E-state index in [1.807, 2.05) is 24.3 Å². The zero-order valence-electron chi connectivity index (χ0n) is 11.3. The van der Waals surface area contributed by atoms with Crippen molar-refractivity contribution in [2.75, 3.05) is 12.4 Å². The van der Waals surface area contributed by atoms with Gasteiger partial charge in [-0.1, -0.05) is 34.1 Å². The number of anilines is 1. The average molecular weight is 371 g/mol. The molecule has 0 radical (unpaired) electrons. The fraction of sp³-hybridized carbons (Fsp3) is 0.143. The van der Waals surface area contributed by atoms with Crippen LogP contribution in [0, 0.1) is 0 Å². The molecule has 21 heavy (non-hydrogen) atoms. The van der Waals surface area contributed by atoms with Crippen LogP contribution in [-0.2, 0) is 16.6 Å². The maximum absolute atomic E-state index is 11.4. The second-order valence-electron chi connectivity index (χ2n) is 4.35. The van der Waals surface area contributed by atoms with Crippen molar-refractivity contribution in [2.45, 2.75) is 11.4 Å². The van der Waals surface area contributed by atoms with Crippen LogP contribution in [0.25, 0.3) is 0 Å². The Bertz CT molecular complexity index is 748. The van der Waals surface area contributed by atoms with Crippen LogP contribution in [0.5, 0.6) is 5.75 Å². The number of methoxy groups -OCH3 is 1. The van der Waals surface area contributed by atoms with Crippen molar-refractivity contribution in [1.82, 2.24) is 0 Å². The largest absolute Gasteiger partial charge is 0.495 e. The number of rotatable bonds is 5. The summed E-state index contributed by atoms with van der Waals surface area (Å²) in [5, 5.41) is 8.30. The monoisotopic (exact) mass is 370 g/mol. The third-order valence-corrected chi connectivity index (χ3v) is 4.61. The lowest BCUT2D eigenvalue weighted by molar-refractivity contribution is 0.416. The highest BCUT2D eigenvalue weighted by Gasteiger charge is 2.12. The maximum atomic E-state index is 11.4. The summed E-state index contributed by atoms with van der Waals surface area (Å²) in [6.07, 6.45) is 0. The number of nitrogens with two attached hydrogens (primary N) is 1. The molecule has 0 spiro atoms. The summed E-state index contributed by atoms with van der Waals surface area (Å²) < 4.78 is 29.0. The van der Waals surface area contributed by atoms with Crippen LogP contribution in [0.1, 0.15) is 5.56 Å². The van der Waals surface area contributed by atoms with E-state index in [1.165, 1.54) is 19.2 Å². The van der Waals surface area contributed by atoms with E-state index in [0.717, 1.165) is 10.0 Å². The predicted octanol–water partition coefficient (Wildman–Crippen LogP) is 2.72. The molecule has 2 aromatic carbocycles. The van der Waals surface area contributed by atoms with Gasteiger partial charge in [0.15, 0.2) is 0 Å². The van der Waals surface area contributed by atoms with Crippen molar-refractivity contribution >= 4 is 31.6 Å². The Hall–Kier alpha value is -1.57. The normalized spacial score (nSPS) is 11.2. The van der Waals surface area contributed by atoms with Crippen molar-refractivity contribution in [3.63, 3.8) is 0 Å². The van der Waals surface area contributed by atoms with Crippen LogP contribution in [0.4, 0.5) is 5.69 Å². The van der Waals surface area contributed by atoms with E-state index in [0.29, 0.717) is 18.0 Å². The van der Waals surface area contributed by atoms with E-state index >= 15 is 0 Å². The molecule has 0 amide bonds. The van der Waals surface area contributed by atoms with Crippen molar-refractivity contribution in [1.29, 1.82) is 0 Å². The first-order chi connectivity index (χ1) is 9.91. The van der Waals surface area contributed by atoms with Crippen molar-refractivity contribution in [2.24, 2.45) is 5.14 Å². The topological polar surface area (TPSA) is 81.4 Å². The number of sulfonamides is 1. The van der Waals surface area contributed by atoms with Crippen LogP contribution in [0.15, 0.2) is 51.8 Å². The van der Waals surface area contributed by atoms with Gasteiger partial charge in [-0.05, 0) is 29.8 Å². The Morgan fingerprint density at radius 2 is 1.95 bits per heavy atom. The molecule has 0 atom stereocenters. The zero-order chi connectivity index (χ0) is 15.5. The van der Waals surface area contributed by atoms with Gasteiger partial charge in [-0.15, -0.1) is 0 Å². The summed E-state index contributed by atoms with van der Waals surface area (Å²) >= 11 is 3.46. The summed E-state index contributed by atoms with van der Waals surface area (Å²) in [7, 11) is -2.22. The molecule has 0 aliphatic heterocycles. The number of ether oxygens (including phenoxy) is 1. The van der Waals surface area contributed by atoms with Gasteiger partial charge in [0.1, 0.15) is 5.75 Å². The Balaban J connectivity index is 2.28. The number of nitrogens with one attached hydrogen (secondary N) is 1. The first-order valence-corrected chi connectivity index (χ1v) is 8.44. The van der Waals surface area contributed by atoms with E-state index in [-0.39, 0.29) is 4.90 Å². The molecule has 0 unspecified atom stereocenters. The highest BCUT2D eigenvalue weighted by atomic mass is 79.9. The molecule has 2 rings (SSSR count). The van der Waals surface area contributed by atoms with Gasteiger partial charge in [0.05, 0.1) is 17.7 Å². The second-order valence-corrected chi connectivity index (χ2v) is 6.77. The number of primary sulfonamides is 1. The molecule has 112 valence electrons. The number of hydrogen-bond donors (Lipinski definition) is 2. The van der Waals surface area contributed by atoms with Gasteiger partial charge in [-0.3, -0.25) is 0 Å². The van der Waals surface area contributed by atoms with Gasteiger partial charge in [0.25, 0.3) is 0 Å². The molecule has 0 aliphatic rings. The highest BCUT2D eigenvalue weighted by molar-refractivity contribution is 9.10. The van der Waals surface area contributed by atoms with Crippen LogP contribution < -0.4 is 15.2 Å². The van der Waals surface area contributed by atoms with Gasteiger partial charge in [0, 0.05) is 11.0 Å². The smallest absolute Gasteiger partial charge is 0.238 e. The van der Waals surface area contributed by atoms with Crippen LogP contribution in [-0.4, -0.2) is 15.5 Å². The van der Waals surface area contributed by atoms with Crippen molar-refractivity contribution < 1.29 is 13.2 Å². The second kappa shape index (κ2) is 6.46. The fourth-order valence-corrected chi connectivity index (χ4v) is 2.80. The number of benzene rings is 2. The molecular formula is C14H15BrN2O3S. The van der Waals surface area contributed by atoms with Gasteiger partial charge in [-0.2, -0.15) is 0 Å². The highest BCUT2D eigenvalue weighted by Crippen LogP contribution is 2.28. The summed E-state index contributed by atoms with van der Waals surface area (Å²) in [5.41, 5.74) is 1.61. The Morgan fingerprint density at radius 3 is 2.57 bits per heavy atom. The minimum atomic E-state index is -3.75. The molecule has 0 fully saturated rings.